The molecule has 0 unspecified atom stereocenters. The van der Waals surface area contributed by atoms with E-state index in [1.807, 2.05) is 18.2 Å². The summed E-state index contributed by atoms with van der Waals surface area (Å²) in [5.41, 5.74) is 1.46. The number of carbonyl (C=O) groups is 2. The summed E-state index contributed by atoms with van der Waals surface area (Å²) in [6.45, 7) is 0. The Hall–Kier alpha value is -1.16. The number of fused-ring (bicyclic) bond motifs is 4. The zero-order valence-electron chi connectivity index (χ0n) is 13.8. The van der Waals surface area contributed by atoms with Gasteiger partial charge in [-0.25, -0.2) is 0 Å². The summed E-state index contributed by atoms with van der Waals surface area (Å²) >= 11 is -1.43. The van der Waals surface area contributed by atoms with Gasteiger partial charge in [-0.05, 0) is 0 Å². The van der Waals surface area contributed by atoms with E-state index in [9.17, 15) is 9.59 Å². The minimum atomic E-state index is -2.13. The van der Waals surface area contributed by atoms with Gasteiger partial charge in [-0.2, -0.15) is 0 Å². The molecule has 2 nitrogen and oxygen atoms in total. The van der Waals surface area contributed by atoms with E-state index in [1.54, 1.807) is 29.8 Å². The molecular formula is C20H14GeO2Se2. The molecule has 25 heavy (non-hydrogen) atoms. The van der Waals surface area contributed by atoms with E-state index in [0.717, 1.165) is 0 Å². The van der Waals surface area contributed by atoms with Crippen molar-refractivity contribution in [1.82, 2.24) is 0 Å². The summed E-state index contributed by atoms with van der Waals surface area (Å²) in [6.07, 6.45) is 1.89. The zero-order valence-corrected chi connectivity index (χ0v) is 19.3. The van der Waals surface area contributed by atoms with Gasteiger partial charge in [0.1, 0.15) is 0 Å². The van der Waals surface area contributed by atoms with Crippen molar-refractivity contribution in [3.05, 3.63) is 62.5 Å². The summed E-state index contributed by atoms with van der Waals surface area (Å²) in [5, 5.41) is 0. The Labute approximate surface area is 160 Å². The van der Waals surface area contributed by atoms with Gasteiger partial charge in [0, 0.05) is 0 Å². The Morgan fingerprint density at radius 1 is 0.920 bits per heavy atom. The maximum atomic E-state index is 12.6. The maximum absolute atomic E-state index is 12.6. The first-order valence-corrected chi connectivity index (χ1v) is 18.0. The first kappa shape index (κ1) is 16.0. The summed E-state index contributed by atoms with van der Waals surface area (Å²) in [4.78, 5) is 27.6. The molecule has 0 N–H and O–H groups in total. The van der Waals surface area contributed by atoms with Crippen LogP contribution in [-0.4, -0.2) is 53.8 Å². The van der Waals surface area contributed by atoms with Gasteiger partial charge < -0.3 is 0 Å². The van der Waals surface area contributed by atoms with Crippen molar-refractivity contribution >= 4 is 68.7 Å². The number of ketones is 2. The summed E-state index contributed by atoms with van der Waals surface area (Å²) in [7, 11) is 0. The van der Waals surface area contributed by atoms with Crippen LogP contribution >= 0.6 is 0 Å². The van der Waals surface area contributed by atoms with Crippen molar-refractivity contribution in [3.63, 3.8) is 0 Å². The molecule has 122 valence electrons. The van der Waals surface area contributed by atoms with E-state index in [-0.39, 0.29) is 26.1 Å². The quantitative estimate of drug-likeness (QED) is 0.282. The third kappa shape index (κ3) is 2.16. The molecule has 0 spiro atoms. The van der Waals surface area contributed by atoms with Crippen molar-refractivity contribution in [1.29, 1.82) is 0 Å². The molecule has 1 aromatic carbocycles. The zero-order chi connectivity index (χ0) is 17.3. The molecule has 0 atom stereocenters. The van der Waals surface area contributed by atoms with E-state index in [0.29, 0.717) is 31.2 Å². The molecule has 1 aliphatic heterocycles. The summed E-state index contributed by atoms with van der Waals surface area (Å²) < 4.78 is 7.62. The predicted octanol–water partition coefficient (Wildman–Crippen LogP) is 2.07. The molecule has 0 fully saturated rings. The molecule has 2 aromatic heterocycles. The molecule has 3 heterocycles. The molecule has 0 bridgehead atoms. The van der Waals surface area contributed by atoms with Crippen LogP contribution in [0, 0.1) is 0 Å². The first-order valence-electron chi connectivity index (χ1n) is 8.11. The van der Waals surface area contributed by atoms with Crippen LogP contribution in [0.3, 0.4) is 0 Å². The van der Waals surface area contributed by atoms with Crippen molar-refractivity contribution < 1.29 is 9.59 Å². The van der Waals surface area contributed by atoms with Crippen molar-refractivity contribution in [2.45, 2.75) is 11.5 Å². The van der Waals surface area contributed by atoms with Crippen molar-refractivity contribution in [2.75, 3.05) is 0 Å². The summed E-state index contributed by atoms with van der Waals surface area (Å²) in [6, 6.07) is 11.8. The average Bonchev–Trinajstić information content (AvgIpc) is 3.32. The average molecular weight is 517 g/mol. The Balaban J connectivity index is 1.63. The van der Waals surface area contributed by atoms with Crippen LogP contribution in [0.25, 0.3) is 15.0 Å². The minimum absolute atomic E-state index is 0.114. The topological polar surface area (TPSA) is 34.1 Å². The van der Waals surface area contributed by atoms with Gasteiger partial charge in [0.25, 0.3) is 0 Å². The molecule has 0 saturated carbocycles. The molecule has 0 saturated heterocycles. The third-order valence-corrected chi connectivity index (χ3v) is 19.1. The van der Waals surface area contributed by atoms with Crippen LogP contribution in [0.2, 0.25) is 11.5 Å². The molecule has 0 amide bonds. The van der Waals surface area contributed by atoms with Gasteiger partial charge in [-0.3, -0.25) is 0 Å². The molecule has 0 radical (unpaired) electrons. The first-order chi connectivity index (χ1) is 12.0. The fourth-order valence-corrected chi connectivity index (χ4v) is 22.7. The van der Waals surface area contributed by atoms with Crippen LogP contribution in [0.1, 0.15) is 25.2 Å². The van der Waals surface area contributed by atoms with Gasteiger partial charge in [0.2, 0.25) is 0 Å². The molecular weight excluding hydrogens is 503 g/mol. The van der Waals surface area contributed by atoms with Crippen molar-refractivity contribution in [2.24, 2.45) is 0 Å². The molecule has 5 rings (SSSR count). The van der Waals surface area contributed by atoms with Gasteiger partial charge in [0.15, 0.2) is 0 Å². The number of benzene rings is 1. The van der Waals surface area contributed by atoms with Gasteiger partial charge in [0.05, 0.1) is 0 Å². The van der Waals surface area contributed by atoms with Crippen molar-refractivity contribution in [3.8, 4) is 8.87 Å². The number of hydrogen-bond acceptors (Lipinski definition) is 2. The third-order valence-electron chi connectivity index (χ3n) is 5.16. The second kappa shape index (κ2) is 5.42. The van der Waals surface area contributed by atoms with Gasteiger partial charge >= 0.3 is 161 Å². The number of allylic oxidation sites excluding steroid dienone is 1. The number of carbonyl (C=O) groups excluding carboxylic acids is 2. The van der Waals surface area contributed by atoms with Crippen LogP contribution in [0.4, 0.5) is 0 Å². The molecule has 2 aliphatic rings. The molecule has 5 heteroatoms. The Kier molecular flexibility index (Phi) is 3.48. The second-order valence-corrected chi connectivity index (χ2v) is 20.2. The van der Waals surface area contributed by atoms with Gasteiger partial charge in [-0.15, -0.1) is 0 Å². The van der Waals surface area contributed by atoms with E-state index < -0.39 is 13.3 Å². The SMILES string of the molecule is [CH3][Ge]1([CH3])[c]2cc[se]c2-c2[se]c(C=C3C(=O)c4ccccc4C3=O)c[c]21. The second-order valence-electron chi connectivity index (χ2n) is 6.94. The van der Waals surface area contributed by atoms with E-state index in [1.165, 1.54) is 4.44 Å². The molecule has 3 aromatic rings. The predicted molar refractivity (Wildman–Crippen MR) is 106 cm³/mol. The van der Waals surface area contributed by atoms with Crippen LogP contribution in [0.5, 0.6) is 0 Å². The Bertz CT molecular complexity index is 1080. The van der Waals surface area contributed by atoms with E-state index in [4.69, 9.17) is 0 Å². The van der Waals surface area contributed by atoms with Crippen LogP contribution in [-0.2, 0) is 0 Å². The van der Waals surface area contributed by atoms with E-state index >= 15 is 0 Å². The summed E-state index contributed by atoms with van der Waals surface area (Å²) in [5.74, 6) is 4.70. The Morgan fingerprint density at radius 2 is 1.60 bits per heavy atom. The standard InChI is InChI=1S/C20H14GeO2Se2/c1-21(2)15-7-8-24-19(15)20-16(21)10-11(25-20)9-14-17(22)12-5-3-4-6-13(12)18(14)23/h3-10H,1-2H3. The fraction of sp³-hybridized carbons (Fsp3) is 0.100. The van der Waals surface area contributed by atoms with Crippen LogP contribution in [0.15, 0.2) is 46.9 Å². The fourth-order valence-electron chi connectivity index (χ4n) is 3.78. The van der Waals surface area contributed by atoms with Crippen LogP contribution < -0.4 is 8.79 Å². The normalized spacial score (nSPS) is 16.8. The Morgan fingerprint density at radius 3 is 2.28 bits per heavy atom. The number of rotatable bonds is 1. The van der Waals surface area contributed by atoms with E-state index in [2.05, 4.69) is 28.6 Å². The number of Topliss-reactive ketones (excluding diaryl/α,β-unsaturated/α-hetero) is 2. The van der Waals surface area contributed by atoms with Gasteiger partial charge in [-0.1, -0.05) is 0 Å². The monoisotopic (exact) mass is 520 g/mol. The molecule has 1 aliphatic carbocycles. The number of hydrogen-bond donors (Lipinski definition) is 0.